The first-order valence-electron chi connectivity index (χ1n) is 18.5. The van der Waals surface area contributed by atoms with Crippen molar-refractivity contribution in [3.05, 3.63) is 0 Å². The minimum Gasteiger partial charge on any atom is -0.456 e. The zero-order valence-electron chi connectivity index (χ0n) is 29.6. The molecule has 46 heavy (non-hydrogen) atoms. The Morgan fingerprint density at radius 1 is 0.913 bits per heavy atom. The van der Waals surface area contributed by atoms with Crippen LogP contribution < -0.4 is 5.32 Å². The predicted molar refractivity (Wildman–Crippen MR) is 190 cm³/mol. The lowest BCUT2D eigenvalue weighted by Gasteiger charge is -2.45. The van der Waals surface area contributed by atoms with Crippen molar-refractivity contribution < 1.29 is 29.3 Å². The van der Waals surface area contributed by atoms with Gasteiger partial charge in [-0.2, -0.15) is 0 Å². The molecule has 3 N–H and O–H groups in total. The van der Waals surface area contributed by atoms with Crippen molar-refractivity contribution in [2.45, 2.75) is 190 Å². The number of aliphatic hydroxyl groups is 2. The number of likely N-dealkylation sites (N-methyl/N-ethyl adjacent to an activating group) is 1. The van der Waals surface area contributed by atoms with E-state index in [0.29, 0.717) is 5.92 Å². The Kier molecular flexibility index (Phi) is 21.4. The van der Waals surface area contributed by atoms with Crippen LogP contribution >= 0.6 is 23.4 Å². The van der Waals surface area contributed by atoms with E-state index in [0.717, 1.165) is 45.1 Å². The van der Waals surface area contributed by atoms with Gasteiger partial charge in [-0.25, -0.2) is 0 Å². The molecule has 2 fully saturated rings. The third-order valence-corrected chi connectivity index (χ3v) is 11.0. The number of hydrogen-bond donors (Lipinski definition) is 3. The predicted octanol–water partition coefficient (Wildman–Crippen LogP) is 7.20. The van der Waals surface area contributed by atoms with E-state index in [1.165, 1.54) is 88.8 Å². The van der Waals surface area contributed by atoms with Gasteiger partial charge in [-0.3, -0.25) is 14.5 Å². The van der Waals surface area contributed by atoms with Gasteiger partial charge in [0.15, 0.2) is 6.10 Å². The fourth-order valence-electron chi connectivity index (χ4n) is 7.07. The van der Waals surface area contributed by atoms with Gasteiger partial charge in [0.05, 0.1) is 17.5 Å². The van der Waals surface area contributed by atoms with E-state index >= 15 is 0 Å². The highest BCUT2D eigenvalue weighted by Crippen LogP contribution is 2.33. The Bertz CT molecular complexity index is 836. The molecule has 0 saturated carbocycles. The minimum absolute atomic E-state index is 0.151. The Morgan fingerprint density at radius 2 is 1.46 bits per heavy atom. The third kappa shape index (κ3) is 14.5. The smallest absolute Gasteiger partial charge is 0.306 e. The molecule has 2 rings (SSSR count). The van der Waals surface area contributed by atoms with E-state index in [4.69, 9.17) is 21.1 Å². The quantitative estimate of drug-likeness (QED) is 0.0555. The number of unbranched alkanes of at least 4 members (excludes halogenated alkanes) is 14. The highest BCUT2D eigenvalue weighted by molar-refractivity contribution is 7.99. The molecule has 9 atom stereocenters. The topological polar surface area (TPSA) is 108 Å². The summed E-state index contributed by atoms with van der Waals surface area (Å²) in [6, 6.07) is -1.01. The SMILES string of the molecule is CCCCCCCCCCCCCCCCCC(=O)OC1C(O)[C@@H](O)C(C(NC(=O)C2CC(CCC)CN2C)C(C)Cl)O[C@@H]1SC. The van der Waals surface area contributed by atoms with Crippen LogP contribution in [0.15, 0.2) is 0 Å². The number of hydrogen-bond acceptors (Lipinski definition) is 8. The number of likely N-dealkylation sites (tertiary alicyclic amines) is 1. The summed E-state index contributed by atoms with van der Waals surface area (Å²) in [5.41, 5.74) is -0.702. The number of carbonyl (C=O) groups is 2. The van der Waals surface area contributed by atoms with Crippen LogP contribution in [0, 0.1) is 5.92 Å². The lowest BCUT2D eigenvalue weighted by atomic mass is 9.92. The summed E-state index contributed by atoms with van der Waals surface area (Å²) in [5.74, 6) is -0.0724. The summed E-state index contributed by atoms with van der Waals surface area (Å²) in [6.07, 6.45) is 19.1. The first kappa shape index (κ1) is 41.6. The monoisotopic (exact) mass is 690 g/mol. The zero-order valence-corrected chi connectivity index (χ0v) is 31.2. The molecule has 8 nitrogen and oxygen atoms in total. The van der Waals surface area contributed by atoms with Crippen LogP contribution in [0.3, 0.4) is 0 Å². The number of aliphatic hydroxyl groups excluding tert-OH is 2. The van der Waals surface area contributed by atoms with E-state index < -0.39 is 47.2 Å². The molecule has 0 spiro atoms. The summed E-state index contributed by atoms with van der Waals surface area (Å²) in [5, 5.41) is 24.7. The Balaban J connectivity index is 1.71. The van der Waals surface area contributed by atoms with Crippen LogP contribution in [-0.2, 0) is 19.1 Å². The third-order valence-electron chi connectivity index (χ3n) is 9.86. The van der Waals surface area contributed by atoms with Gasteiger partial charge < -0.3 is 25.0 Å². The average molecular weight is 691 g/mol. The number of ether oxygens (including phenoxy) is 2. The second-order valence-electron chi connectivity index (χ2n) is 13.9. The van der Waals surface area contributed by atoms with Crippen LogP contribution in [0.4, 0.5) is 0 Å². The van der Waals surface area contributed by atoms with Crippen LogP contribution in [0.1, 0.15) is 143 Å². The van der Waals surface area contributed by atoms with Crippen molar-refractivity contribution in [3.8, 4) is 0 Å². The summed E-state index contributed by atoms with van der Waals surface area (Å²) in [4.78, 5) is 28.1. The molecule has 2 aliphatic rings. The average Bonchev–Trinajstić information content (AvgIpc) is 3.40. The molecule has 1 amide bonds. The van der Waals surface area contributed by atoms with Crippen LogP contribution in [0.25, 0.3) is 0 Å². The Labute approximate surface area is 289 Å². The maximum absolute atomic E-state index is 13.3. The van der Waals surface area contributed by atoms with Crippen LogP contribution in [0.2, 0.25) is 0 Å². The number of esters is 1. The number of nitrogens with zero attached hydrogens (tertiary/aromatic N) is 1. The van der Waals surface area contributed by atoms with Crippen molar-refractivity contribution in [3.63, 3.8) is 0 Å². The van der Waals surface area contributed by atoms with E-state index in [1.807, 2.05) is 7.05 Å². The summed E-state index contributed by atoms with van der Waals surface area (Å²) in [6.45, 7) is 7.02. The van der Waals surface area contributed by atoms with Crippen LogP contribution in [-0.4, -0.2) is 94.2 Å². The molecule has 2 heterocycles. The highest BCUT2D eigenvalue weighted by Gasteiger charge is 2.50. The van der Waals surface area contributed by atoms with Gasteiger partial charge in [0.1, 0.15) is 23.7 Å². The molecule has 270 valence electrons. The van der Waals surface area contributed by atoms with Crippen molar-refractivity contribution in [2.24, 2.45) is 5.92 Å². The number of nitrogens with one attached hydrogen (secondary N) is 1. The molecule has 7 unspecified atom stereocenters. The van der Waals surface area contributed by atoms with E-state index in [1.54, 1.807) is 13.2 Å². The molecule has 0 radical (unpaired) electrons. The number of carbonyl (C=O) groups excluding carboxylic acids is 2. The van der Waals surface area contributed by atoms with E-state index in [2.05, 4.69) is 24.1 Å². The number of halogens is 1. The largest absolute Gasteiger partial charge is 0.456 e. The van der Waals surface area contributed by atoms with Gasteiger partial charge in [-0.05, 0) is 45.4 Å². The van der Waals surface area contributed by atoms with Gasteiger partial charge in [-0.1, -0.05) is 110 Å². The summed E-state index contributed by atoms with van der Waals surface area (Å²) < 4.78 is 11.9. The maximum Gasteiger partial charge on any atom is 0.306 e. The van der Waals surface area contributed by atoms with Crippen LogP contribution in [0.5, 0.6) is 0 Å². The molecule has 0 aliphatic carbocycles. The number of alkyl halides is 1. The molecule has 0 aromatic heterocycles. The number of amides is 1. The Morgan fingerprint density at radius 3 is 1.96 bits per heavy atom. The number of thioether (sulfide) groups is 1. The fourth-order valence-corrected chi connectivity index (χ4v) is 8.00. The normalized spacial score (nSPS) is 28.2. The second-order valence-corrected chi connectivity index (χ2v) is 15.5. The van der Waals surface area contributed by atoms with Crippen molar-refractivity contribution in [1.82, 2.24) is 10.2 Å². The molecule has 0 aromatic carbocycles. The maximum atomic E-state index is 13.3. The Hall–Kier alpha value is -0.580. The molecule has 0 aromatic rings. The van der Waals surface area contributed by atoms with Gasteiger partial charge in [0, 0.05) is 13.0 Å². The minimum atomic E-state index is -1.38. The van der Waals surface area contributed by atoms with Gasteiger partial charge in [0.25, 0.3) is 0 Å². The summed E-state index contributed by atoms with van der Waals surface area (Å²) >= 11 is 7.83. The van der Waals surface area contributed by atoms with Crippen molar-refractivity contribution in [1.29, 1.82) is 0 Å². The standard InChI is InChI=1S/C36H67ClN2O6S/c1-6-8-9-10-11-12-13-14-15-16-17-18-19-20-21-23-29(40)44-34-32(42)31(41)33(45-36(34)46-5)30(26(3)37)38-35(43)28-24-27(22-7-2)25-39(28)4/h26-28,30-34,36,41-42H,6-25H2,1-5H3,(H,38,43)/t26?,27?,28?,30?,31-,32?,33?,34?,36-/m1/s1. The molecular formula is C36H67ClN2O6S. The lowest BCUT2D eigenvalue weighted by molar-refractivity contribution is -0.218. The fraction of sp³-hybridized carbons (Fsp3) is 0.944. The molecular weight excluding hydrogens is 624 g/mol. The lowest BCUT2D eigenvalue weighted by Crippen LogP contribution is -2.65. The van der Waals surface area contributed by atoms with E-state index in [9.17, 15) is 19.8 Å². The van der Waals surface area contributed by atoms with Gasteiger partial charge in [0.2, 0.25) is 5.91 Å². The highest BCUT2D eigenvalue weighted by atomic mass is 35.5. The van der Waals surface area contributed by atoms with Gasteiger partial charge in [-0.15, -0.1) is 23.4 Å². The first-order chi connectivity index (χ1) is 22.1. The zero-order chi connectivity index (χ0) is 33.9. The first-order valence-corrected chi connectivity index (χ1v) is 20.2. The molecule has 10 heteroatoms. The summed E-state index contributed by atoms with van der Waals surface area (Å²) in [7, 11) is 1.96. The van der Waals surface area contributed by atoms with E-state index in [-0.39, 0.29) is 18.4 Å². The molecule has 0 bridgehead atoms. The number of rotatable bonds is 24. The van der Waals surface area contributed by atoms with Crippen molar-refractivity contribution >= 4 is 35.2 Å². The molecule has 2 saturated heterocycles. The second kappa shape index (κ2) is 23.7. The van der Waals surface area contributed by atoms with Crippen molar-refractivity contribution in [2.75, 3.05) is 19.8 Å². The molecule has 2 aliphatic heterocycles. The van der Waals surface area contributed by atoms with Gasteiger partial charge >= 0.3 is 5.97 Å².